The van der Waals surface area contributed by atoms with Gasteiger partial charge in [0.25, 0.3) is 0 Å². The van der Waals surface area contributed by atoms with Crippen molar-refractivity contribution in [2.24, 2.45) is 0 Å². The number of carbonyl (C=O) groups is 4. The molecular formula is C22H38O14. The summed E-state index contributed by atoms with van der Waals surface area (Å²) < 4.78 is 39.3. The zero-order valence-corrected chi connectivity index (χ0v) is 21.6. The van der Waals surface area contributed by atoms with E-state index in [2.05, 4.69) is 0 Å². The molecule has 210 valence electrons. The van der Waals surface area contributed by atoms with E-state index in [0.29, 0.717) is 0 Å². The van der Waals surface area contributed by atoms with Gasteiger partial charge in [-0.1, -0.05) is 0 Å². The number of aliphatic hydroxyl groups excluding tert-OH is 2. The Hall–Kier alpha value is -2.68. The molecule has 0 fully saturated rings. The highest BCUT2D eigenvalue weighted by Crippen LogP contribution is 2.13. The first-order valence-electron chi connectivity index (χ1n) is 11.2. The van der Waals surface area contributed by atoms with Gasteiger partial charge in [0.1, 0.15) is 39.6 Å². The highest BCUT2D eigenvalue weighted by molar-refractivity contribution is 5.79. The summed E-state index contributed by atoms with van der Waals surface area (Å²) in [6.07, 6.45) is -3.69. The van der Waals surface area contributed by atoms with E-state index in [9.17, 15) is 19.2 Å². The Labute approximate surface area is 210 Å². The molecule has 0 spiro atoms. The maximum absolute atomic E-state index is 11.8. The fourth-order valence-corrected chi connectivity index (χ4v) is 2.04. The molecule has 0 aromatic carbocycles. The Morgan fingerprint density at radius 3 is 1.11 bits per heavy atom. The Bertz CT molecular complexity index is 628. The van der Waals surface area contributed by atoms with Gasteiger partial charge < -0.3 is 48.1 Å². The van der Waals surface area contributed by atoms with Crippen LogP contribution in [0.3, 0.4) is 0 Å². The first kappa shape index (κ1) is 33.3. The summed E-state index contributed by atoms with van der Waals surface area (Å²) in [5.74, 6) is -1.36. The lowest BCUT2D eigenvalue weighted by molar-refractivity contribution is -0.172. The second-order valence-corrected chi connectivity index (χ2v) is 8.51. The quantitative estimate of drug-likeness (QED) is 0.154. The normalized spacial score (nSPS) is 13.2. The van der Waals surface area contributed by atoms with Crippen LogP contribution in [0.2, 0.25) is 0 Å². The van der Waals surface area contributed by atoms with Crippen LogP contribution in [-0.2, 0) is 47.5 Å². The minimum absolute atomic E-state index is 0.119. The van der Waals surface area contributed by atoms with E-state index >= 15 is 0 Å². The molecule has 0 aliphatic carbocycles. The third-order valence-corrected chi connectivity index (χ3v) is 3.95. The van der Waals surface area contributed by atoms with Crippen molar-refractivity contribution < 1.29 is 67.3 Å². The van der Waals surface area contributed by atoms with Gasteiger partial charge in [0, 0.05) is 0 Å². The molecule has 0 saturated carbocycles. The van der Waals surface area contributed by atoms with E-state index in [0.717, 1.165) is 0 Å². The number of hydrogen-bond donors (Lipinski definition) is 2. The molecule has 0 amide bonds. The van der Waals surface area contributed by atoms with Gasteiger partial charge in [0.2, 0.25) is 0 Å². The lowest BCUT2D eigenvalue weighted by Crippen LogP contribution is -2.39. The van der Waals surface area contributed by atoms with Crippen LogP contribution in [0.25, 0.3) is 0 Å². The van der Waals surface area contributed by atoms with Crippen LogP contribution < -0.4 is 0 Å². The minimum atomic E-state index is -1.31. The summed E-state index contributed by atoms with van der Waals surface area (Å²) in [6.45, 7) is 7.20. The topological polar surface area (TPSA) is 183 Å². The fourth-order valence-electron chi connectivity index (χ4n) is 2.04. The molecule has 14 nitrogen and oxygen atoms in total. The van der Waals surface area contributed by atoms with Crippen LogP contribution in [0.4, 0.5) is 9.59 Å². The SMILES string of the molecule is CC(O)COC(=O)C(C)(C)OCCOC(=O)OCCOC(=O)OCCOC(C)(C)C(=O)OCC(C)O. The molecule has 0 aliphatic heterocycles. The smallest absolute Gasteiger partial charge is 0.461 e. The second-order valence-electron chi connectivity index (χ2n) is 8.51. The van der Waals surface area contributed by atoms with Gasteiger partial charge in [0.05, 0.1) is 25.4 Å². The van der Waals surface area contributed by atoms with Gasteiger partial charge in [0.15, 0.2) is 11.2 Å². The zero-order valence-electron chi connectivity index (χ0n) is 21.6. The largest absolute Gasteiger partial charge is 0.508 e. The van der Waals surface area contributed by atoms with Crippen LogP contribution in [0, 0.1) is 0 Å². The molecule has 0 rings (SSSR count). The van der Waals surface area contributed by atoms with Crippen molar-refractivity contribution in [2.75, 3.05) is 52.9 Å². The van der Waals surface area contributed by atoms with Crippen LogP contribution in [0.5, 0.6) is 0 Å². The highest BCUT2D eigenvalue weighted by Gasteiger charge is 2.31. The first-order chi connectivity index (χ1) is 16.7. The van der Waals surface area contributed by atoms with E-state index in [4.69, 9.17) is 48.1 Å². The lowest BCUT2D eigenvalue weighted by atomic mass is 10.1. The van der Waals surface area contributed by atoms with Gasteiger partial charge in [-0.3, -0.25) is 0 Å². The number of carbonyl (C=O) groups excluding carboxylic acids is 4. The van der Waals surface area contributed by atoms with Crippen LogP contribution in [0.15, 0.2) is 0 Å². The average Bonchev–Trinajstić information content (AvgIpc) is 2.78. The number of hydrogen-bond acceptors (Lipinski definition) is 14. The molecule has 2 atom stereocenters. The number of esters is 2. The monoisotopic (exact) mass is 526 g/mol. The summed E-state index contributed by atoms with van der Waals surface area (Å²) in [6, 6.07) is 0. The van der Waals surface area contributed by atoms with Gasteiger partial charge in [-0.15, -0.1) is 0 Å². The zero-order chi connectivity index (χ0) is 27.8. The van der Waals surface area contributed by atoms with E-state index in [1.54, 1.807) is 0 Å². The van der Waals surface area contributed by atoms with Gasteiger partial charge in [-0.05, 0) is 41.5 Å². The van der Waals surface area contributed by atoms with Crippen LogP contribution in [-0.4, -0.2) is 111 Å². The van der Waals surface area contributed by atoms with E-state index in [1.165, 1.54) is 41.5 Å². The second kappa shape index (κ2) is 16.9. The molecule has 2 unspecified atom stereocenters. The molecule has 0 heterocycles. The standard InChI is InChI=1S/C22H38O14/c1-15(23)13-33-17(25)21(3,4)35-11-9-31-19(27)29-7-8-30-20(28)32-10-12-36-22(5,6)18(26)34-14-16(2)24/h15-16,23-24H,7-14H2,1-6H3. The summed E-state index contributed by atoms with van der Waals surface area (Å²) in [5, 5.41) is 18.3. The maximum Gasteiger partial charge on any atom is 0.508 e. The third kappa shape index (κ3) is 16.1. The average molecular weight is 527 g/mol. The van der Waals surface area contributed by atoms with E-state index < -0.39 is 47.7 Å². The van der Waals surface area contributed by atoms with Crippen molar-refractivity contribution in [2.45, 2.75) is 65.0 Å². The summed E-state index contributed by atoms with van der Waals surface area (Å²) >= 11 is 0. The van der Waals surface area contributed by atoms with Gasteiger partial charge in [-0.25, -0.2) is 19.2 Å². The predicted octanol–water partition coefficient (Wildman–Crippen LogP) is 0.731. The Morgan fingerprint density at radius 2 is 0.833 bits per heavy atom. The molecule has 0 aromatic heterocycles. The molecule has 0 bridgehead atoms. The Kier molecular flexibility index (Phi) is 15.6. The van der Waals surface area contributed by atoms with Crippen molar-refractivity contribution in [1.82, 2.24) is 0 Å². The molecule has 2 N–H and O–H groups in total. The molecule has 36 heavy (non-hydrogen) atoms. The van der Waals surface area contributed by atoms with Gasteiger partial charge >= 0.3 is 24.2 Å². The molecule has 0 aliphatic rings. The van der Waals surface area contributed by atoms with Crippen molar-refractivity contribution in [3.63, 3.8) is 0 Å². The molecule has 0 aromatic rings. The highest BCUT2D eigenvalue weighted by atomic mass is 16.8. The van der Waals surface area contributed by atoms with Crippen molar-refractivity contribution in [3.05, 3.63) is 0 Å². The summed E-state index contributed by atoms with van der Waals surface area (Å²) in [5.41, 5.74) is -2.61. The van der Waals surface area contributed by atoms with Crippen LogP contribution >= 0.6 is 0 Å². The minimum Gasteiger partial charge on any atom is -0.461 e. The van der Waals surface area contributed by atoms with Crippen molar-refractivity contribution in [3.8, 4) is 0 Å². The maximum atomic E-state index is 11.8. The van der Waals surface area contributed by atoms with Crippen molar-refractivity contribution >= 4 is 24.2 Å². The van der Waals surface area contributed by atoms with E-state index in [1.807, 2.05) is 0 Å². The van der Waals surface area contributed by atoms with Gasteiger partial charge in [-0.2, -0.15) is 0 Å². The third-order valence-electron chi connectivity index (χ3n) is 3.95. The number of rotatable bonds is 17. The number of aliphatic hydroxyl groups is 2. The molecule has 0 radical (unpaired) electrons. The molecule has 0 saturated heterocycles. The summed E-state index contributed by atoms with van der Waals surface area (Å²) in [7, 11) is 0. The lowest BCUT2D eigenvalue weighted by Gasteiger charge is -2.23. The molecule has 14 heteroatoms. The van der Waals surface area contributed by atoms with Crippen LogP contribution in [0.1, 0.15) is 41.5 Å². The van der Waals surface area contributed by atoms with Crippen molar-refractivity contribution in [1.29, 1.82) is 0 Å². The Balaban J connectivity index is 3.89. The first-order valence-corrected chi connectivity index (χ1v) is 11.2. The Morgan fingerprint density at radius 1 is 0.556 bits per heavy atom. The van der Waals surface area contributed by atoms with E-state index in [-0.39, 0.29) is 52.9 Å². The summed E-state index contributed by atoms with van der Waals surface area (Å²) in [4.78, 5) is 46.7. The number of ether oxygens (including phenoxy) is 8. The molecular weight excluding hydrogens is 488 g/mol. The fraction of sp³-hybridized carbons (Fsp3) is 0.818. The predicted molar refractivity (Wildman–Crippen MR) is 120 cm³/mol.